The number of hydrogen-bond donors (Lipinski definition) is 2. The zero-order chi connectivity index (χ0) is 19.4. The highest BCUT2D eigenvalue weighted by molar-refractivity contribution is 5.02. The number of aliphatic hydroxyl groups is 2. The monoisotopic (exact) mass is 379 g/mol. The third kappa shape index (κ3) is 4.10. The molecule has 1 heterocycles. The molecule has 4 nitrogen and oxygen atoms in total. The zero-order valence-corrected chi connectivity index (χ0v) is 17.9. The van der Waals surface area contributed by atoms with E-state index in [0.29, 0.717) is 18.6 Å². The summed E-state index contributed by atoms with van der Waals surface area (Å²) in [7, 11) is 0. The number of rotatable bonds is 6. The maximum atomic E-state index is 10.7. The van der Waals surface area contributed by atoms with E-state index in [-0.39, 0.29) is 17.2 Å². The van der Waals surface area contributed by atoms with E-state index in [1.165, 1.54) is 38.5 Å². The van der Waals surface area contributed by atoms with Crippen molar-refractivity contribution in [2.75, 3.05) is 19.8 Å². The van der Waals surface area contributed by atoms with Gasteiger partial charge in [-0.1, -0.05) is 0 Å². The van der Waals surface area contributed by atoms with Crippen LogP contribution in [0.5, 0.6) is 0 Å². The lowest BCUT2D eigenvalue weighted by Crippen LogP contribution is -2.63. The van der Waals surface area contributed by atoms with Gasteiger partial charge in [-0.2, -0.15) is 0 Å². The summed E-state index contributed by atoms with van der Waals surface area (Å²) >= 11 is 0. The molecule has 1 atom stereocenters. The van der Waals surface area contributed by atoms with E-state index in [2.05, 4.69) is 32.6 Å². The molecule has 4 aliphatic carbocycles. The van der Waals surface area contributed by atoms with Crippen LogP contribution in [-0.4, -0.2) is 58.2 Å². The fourth-order valence-electron chi connectivity index (χ4n) is 7.90. The number of piperidine rings is 1. The molecule has 4 bridgehead atoms. The number of likely N-dealkylation sites (tertiary alicyclic amines) is 1. The van der Waals surface area contributed by atoms with Crippen LogP contribution in [0, 0.1) is 23.2 Å². The van der Waals surface area contributed by atoms with Crippen molar-refractivity contribution in [2.24, 2.45) is 23.2 Å². The average Bonchev–Trinajstić information content (AvgIpc) is 2.48. The summed E-state index contributed by atoms with van der Waals surface area (Å²) < 4.78 is 6.15. The molecule has 0 aromatic carbocycles. The van der Waals surface area contributed by atoms with Crippen LogP contribution >= 0.6 is 0 Å². The van der Waals surface area contributed by atoms with Crippen LogP contribution in [-0.2, 0) is 4.74 Å². The summed E-state index contributed by atoms with van der Waals surface area (Å²) in [5, 5.41) is 20.9. The van der Waals surface area contributed by atoms with Crippen LogP contribution < -0.4 is 0 Å². The van der Waals surface area contributed by atoms with Crippen molar-refractivity contribution in [1.29, 1.82) is 0 Å². The third-order valence-electron chi connectivity index (χ3n) is 8.21. The van der Waals surface area contributed by atoms with E-state index >= 15 is 0 Å². The zero-order valence-electron chi connectivity index (χ0n) is 17.9. The Morgan fingerprint density at radius 2 is 1.37 bits per heavy atom. The molecular formula is C23H41NO3. The van der Waals surface area contributed by atoms with E-state index < -0.39 is 6.10 Å². The maximum Gasteiger partial charge on any atom is 0.0900 e. The van der Waals surface area contributed by atoms with Crippen LogP contribution in [0.15, 0.2) is 0 Å². The van der Waals surface area contributed by atoms with Crippen LogP contribution in [0.1, 0.15) is 79.1 Å². The highest BCUT2D eigenvalue weighted by Gasteiger charge is 2.51. The number of β-amino-alcohol motifs (C(OH)–C–C–N with tert-alkyl or cyclic N) is 1. The van der Waals surface area contributed by atoms with E-state index in [0.717, 1.165) is 37.2 Å². The molecule has 5 aliphatic rings. The number of hydrogen-bond acceptors (Lipinski definition) is 4. The lowest BCUT2D eigenvalue weighted by molar-refractivity contribution is -0.123. The lowest BCUT2D eigenvalue weighted by Gasteiger charge is -2.56. The van der Waals surface area contributed by atoms with E-state index in [9.17, 15) is 10.2 Å². The first kappa shape index (κ1) is 20.1. The molecule has 27 heavy (non-hydrogen) atoms. The van der Waals surface area contributed by atoms with Crippen molar-refractivity contribution in [3.63, 3.8) is 0 Å². The molecule has 2 N–H and O–H groups in total. The first-order chi connectivity index (χ1) is 12.6. The average molecular weight is 380 g/mol. The molecular weight excluding hydrogens is 338 g/mol. The normalized spacial score (nSPS) is 41.8. The van der Waals surface area contributed by atoms with Gasteiger partial charge in [-0.3, -0.25) is 4.90 Å². The summed E-state index contributed by atoms with van der Waals surface area (Å²) in [5.74, 6) is 2.85. The molecule has 5 rings (SSSR count). The minimum atomic E-state index is -0.465. The molecule has 4 heteroatoms. The Kier molecular flexibility index (Phi) is 5.19. The van der Waals surface area contributed by atoms with Gasteiger partial charge in [0.1, 0.15) is 0 Å². The molecule has 1 aliphatic heterocycles. The summed E-state index contributed by atoms with van der Waals surface area (Å²) in [6.07, 6.45) is 9.28. The highest BCUT2D eigenvalue weighted by atomic mass is 16.5. The second-order valence-corrected chi connectivity index (χ2v) is 11.9. The van der Waals surface area contributed by atoms with Crippen molar-refractivity contribution < 1.29 is 14.9 Å². The Hall–Kier alpha value is -0.160. The molecule has 156 valence electrons. The van der Waals surface area contributed by atoms with E-state index in [1.807, 2.05) is 0 Å². The Morgan fingerprint density at radius 3 is 1.85 bits per heavy atom. The van der Waals surface area contributed by atoms with E-state index in [4.69, 9.17) is 4.74 Å². The van der Waals surface area contributed by atoms with Gasteiger partial charge in [0.15, 0.2) is 0 Å². The molecule has 0 aromatic heterocycles. The first-order valence-corrected chi connectivity index (χ1v) is 11.3. The largest absolute Gasteiger partial charge is 0.393 e. The van der Waals surface area contributed by atoms with Gasteiger partial charge in [0.05, 0.1) is 25.4 Å². The fourth-order valence-corrected chi connectivity index (χ4v) is 7.90. The van der Waals surface area contributed by atoms with Crippen LogP contribution in [0.3, 0.4) is 0 Å². The number of aliphatic hydroxyl groups excluding tert-OH is 2. The van der Waals surface area contributed by atoms with Crippen molar-refractivity contribution in [2.45, 2.75) is 102 Å². The van der Waals surface area contributed by atoms with Crippen LogP contribution in [0.4, 0.5) is 0 Å². The number of ether oxygens (including phenoxy) is 1. The number of nitrogens with zero attached hydrogens (tertiary/aromatic N) is 1. The molecule has 4 saturated carbocycles. The van der Waals surface area contributed by atoms with Crippen LogP contribution in [0.2, 0.25) is 0 Å². The highest BCUT2D eigenvalue weighted by Crippen LogP contribution is 2.60. The Bertz CT molecular complexity index is 490. The molecule has 0 unspecified atom stereocenters. The first-order valence-electron chi connectivity index (χ1n) is 11.3. The Morgan fingerprint density at radius 1 is 0.889 bits per heavy atom. The second-order valence-electron chi connectivity index (χ2n) is 11.9. The minimum absolute atomic E-state index is 0.109. The standard InChI is InChI=1S/C23H41NO3/c1-21(2)11-19(25)12-22(3,4)24(21)13-20(26)14-27-15-23-8-16-5-17(9-23)7-18(6-16)10-23/h16-20,25-26H,5-15H2,1-4H3/t16?,17?,18?,20-,23?/m0/s1. The van der Waals surface area contributed by atoms with Crippen LogP contribution in [0.25, 0.3) is 0 Å². The van der Waals surface area contributed by atoms with Crippen molar-refractivity contribution in [3.05, 3.63) is 0 Å². The SMILES string of the molecule is CC1(C)CC(O)CC(C)(C)N1C[C@H](O)COCC12CC3CC(CC(C3)C1)C2. The summed E-state index contributed by atoms with van der Waals surface area (Å²) in [6.45, 7) is 10.6. The molecule has 0 aromatic rings. The minimum Gasteiger partial charge on any atom is -0.393 e. The van der Waals surface area contributed by atoms with Gasteiger partial charge < -0.3 is 14.9 Å². The van der Waals surface area contributed by atoms with Gasteiger partial charge in [-0.25, -0.2) is 0 Å². The van der Waals surface area contributed by atoms with Crippen molar-refractivity contribution in [3.8, 4) is 0 Å². The second kappa shape index (κ2) is 6.97. The Labute approximate surface area is 165 Å². The van der Waals surface area contributed by atoms with Gasteiger partial charge >= 0.3 is 0 Å². The fraction of sp³-hybridized carbons (Fsp3) is 1.00. The lowest BCUT2D eigenvalue weighted by atomic mass is 9.50. The predicted molar refractivity (Wildman–Crippen MR) is 108 cm³/mol. The van der Waals surface area contributed by atoms with Gasteiger partial charge in [-0.15, -0.1) is 0 Å². The molecule has 0 spiro atoms. The predicted octanol–water partition coefficient (Wildman–Crippen LogP) is 3.59. The third-order valence-corrected chi connectivity index (χ3v) is 8.21. The van der Waals surface area contributed by atoms with Crippen molar-refractivity contribution in [1.82, 2.24) is 4.90 Å². The molecule has 1 saturated heterocycles. The van der Waals surface area contributed by atoms with Crippen molar-refractivity contribution >= 4 is 0 Å². The molecule has 0 radical (unpaired) electrons. The van der Waals surface area contributed by atoms with E-state index in [1.54, 1.807) is 0 Å². The summed E-state index contributed by atoms with van der Waals surface area (Å²) in [4.78, 5) is 2.38. The van der Waals surface area contributed by atoms with Gasteiger partial charge in [0.25, 0.3) is 0 Å². The van der Waals surface area contributed by atoms with Gasteiger partial charge in [0.2, 0.25) is 0 Å². The molecule has 5 fully saturated rings. The molecule has 0 amide bonds. The van der Waals surface area contributed by atoms with Gasteiger partial charge in [-0.05, 0) is 102 Å². The van der Waals surface area contributed by atoms with Gasteiger partial charge in [0, 0.05) is 17.6 Å². The summed E-state index contributed by atoms with van der Waals surface area (Å²) in [5.41, 5.74) is 0.201. The Balaban J connectivity index is 1.29. The topological polar surface area (TPSA) is 52.9 Å². The quantitative estimate of drug-likeness (QED) is 0.740. The smallest absolute Gasteiger partial charge is 0.0900 e. The summed E-state index contributed by atoms with van der Waals surface area (Å²) in [6, 6.07) is 0. The maximum absolute atomic E-state index is 10.7.